The topological polar surface area (TPSA) is 118 Å². The van der Waals surface area contributed by atoms with E-state index in [4.69, 9.17) is 9.84 Å². The van der Waals surface area contributed by atoms with Gasteiger partial charge >= 0.3 is 12.1 Å². The van der Waals surface area contributed by atoms with Gasteiger partial charge in [0, 0.05) is 24.2 Å². The van der Waals surface area contributed by atoms with Crippen LogP contribution in [0.4, 0.5) is 4.79 Å². The second kappa shape index (κ2) is 10.8. The standard InChI is InChI=1S/C27H27N3O5/c1-2-17(26(32)33)14-29-25(31)18-11-12-28-19(13-18)15-30-27(34)35-16-24-22-9-5-3-7-20(22)21-8-4-6-10-23(21)24/h3-13,17,24H,2,14-16H2,1H3,(H,29,31)(H,30,34)(H,32,33). The summed E-state index contributed by atoms with van der Waals surface area (Å²) in [5, 5.41) is 14.4. The molecule has 8 nitrogen and oxygen atoms in total. The highest BCUT2D eigenvalue weighted by molar-refractivity contribution is 5.94. The Balaban J connectivity index is 1.31. The van der Waals surface area contributed by atoms with Crippen molar-refractivity contribution in [3.05, 3.63) is 89.2 Å². The van der Waals surface area contributed by atoms with E-state index < -0.39 is 23.9 Å². The van der Waals surface area contributed by atoms with Crippen LogP contribution >= 0.6 is 0 Å². The Kier molecular flexibility index (Phi) is 7.40. The highest BCUT2D eigenvalue weighted by atomic mass is 16.5. The van der Waals surface area contributed by atoms with Crippen LogP contribution in [0.25, 0.3) is 11.1 Å². The predicted molar refractivity (Wildman–Crippen MR) is 130 cm³/mol. The van der Waals surface area contributed by atoms with Crippen molar-refractivity contribution in [2.24, 2.45) is 5.92 Å². The number of carbonyl (C=O) groups is 3. The van der Waals surface area contributed by atoms with E-state index in [2.05, 4.69) is 39.9 Å². The summed E-state index contributed by atoms with van der Waals surface area (Å²) in [5.41, 5.74) is 5.40. The number of ether oxygens (including phenoxy) is 1. The van der Waals surface area contributed by atoms with Gasteiger partial charge in [0.2, 0.25) is 0 Å². The van der Waals surface area contributed by atoms with Crippen molar-refractivity contribution in [2.45, 2.75) is 25.8 Å². The molecule has 4 rings (SSSR count). The van der Waals surface area contributed by atoms with E-state index >= 15 is 0 Å². The number of hydrogen-bond acceptors (Lipinski definition) is 5. The van der Waals surface area contributed by atoms with Crippen LogP contribution in [-0.4, -0.2) is 41.2 Å². The number of fused-ring (bicyclic) bond motifs is 3. The first-order valence-electron chi connectivity index (χ1n) is 11.5. The number of hydrogen-bond donors (Lipinski definition) is 3. The zero-order valence-electron chi connectivity index (χ0n) is 19.4. The molecule has 35 heavy (non-hydrogen) atoms. The molecule has 8 heteroatoms. The molecule has 1 heterocycles. The number of amides is 2. The Hall–Kier alpha value is -4.20. The van der Waals surface area contributed by atoms with E-state index in [1.165, 1.54) is 12.3 Å². The molecule has 180 valence electrons. The number of carboxylic acids is 1. The number of carbonyl (C=O) groups excluding carboxylic acids is 2. The number of carboxylic acid groups (broad SMARTS) is 1. The van der Waals surface area contributed by atoms with Crippen LogP contribution < -0.4 is 10.6 Å². The Morgan fingerprint density at radius 2 is 1.66 bits per heavy atom. The van der Waals surface area contributed by atoms with E-state index in [0.717, 1.165) is 22.3 Å². The third-order valence-corrected chi connectivity index (χ3v) is 6.19. The molecular formula is C27H27N3O5. The Morgan fingerprint density at radius 3 is 2.29 bits per heavy atom. The van der Waals surface area contributed by atoms with Gasteiger partial charge in [-0.15, -0.1) is 0 Å². The summed E-state index contributed by atoms with van der Waals surface area (Å²) in [7, 11) is 0. The summed E-state index contributed by atoms with van der Waals surface area (Å²) < 4.78 is 5.53. The molecule has 0 fully saturated rings. The molecule has 1 atom stereocenters. The van der Waals surface area contributed by atoms with E-state index in [1.54, 1.807) is 13.0 Å². The number of aromatic nitrogens is 1. The summed E-state index contributed by atoms with van der Waals surface area (Å²) >= 11 is 0. The third-order valence-electron chi connectivity index (χ3n) is 6.19. The van der Waals surface area contributed by atoms with Crippen molar-refractivity contribution >= 4 is 18.0 Å². The zero-order chi connectivity index (χ0) is 24.8. The molecule has 1 aromatic heterocycles. The number of alkyl carbamates (subject to hydrolysis) is 1. The van der Waals surface area contributed by atoms with E-state index in [9.17, 15) is 14.4 Å². The summed E-state index contributed by atoms with van der Waals surface area (Å²) in [6, 6.07) is 19.3. The minimum Gasteiger partial charge on any atom is -0.481 e. The minimum atomic E-state index is -0.949. The highest BCUT2D eigenvalue weighted by Gasteiger charge is 2.29. The van der Waals surface area contributed by atoms with E-state index in [-0.39, 0.29) is 25.6 Å². The minimum absolute atomic E-state index is 0.0314. The lowest BCUT2D eigenvalue weighted by atomic mass is 9.98. The molecule has 1 aliphatic rings. The van der Waals surface area contributed by atoms with Gasteiger partial charge in [-0.25, -0.2) is 4.79 Å². The van der Waals surface area contributed by atoms with Crippen molar-refractivity contribution in [1.29, 1.82) is 0 Å². The number of aliphatic carboxylic acids is 1. The van der Waals surface area contributed by atoms with Crippen LogP contribution in [-0.2, 0) is 16.1 Å². The predicted octanol–water partition coefficient (Wildman–Crippen LogP) is 3.96. The molecule has 1 unspecified atom stereocenters. The number of nitrogens with one attached hydrogen (secondary N) is 2. The van der Waals surface area contributed by atoms with Crippen molar-refractivity contribution in [3.8, 4) is 11.1 Å². The maximum absolute atomic E-state index is 12.4. The summed E-state index contributed by atoms with van der Waals surface area (Å²) in [6.45, 7) is 2.09. The van der Waals surface area contributed by atoms with Crippen molar-refractivity contribution in [2.75, 3.05) is 13.2 Å². The van der Waals surface area contributed by atoms with E-state index in [1.807, 2.05) is 24.3 Å². The largest absolute Gasteiger partial charge is 0.481 e. The van der Waals surface area contributed by atoms with Crippen LogP contribution in [0.5, 0.6) is 0 Å². The van der Waals surface area contributed by atoms with Gasteiger partial charge in [0.25, 0.3) is 5.91 Å². The first-order valence-corrected chi connectivity index (χ1v) is 11.5. The Labute approximate surface area is 203 Å². The summed E-state index contributed by atoms with van der Waals surface area (Å²) in [5.74, 6) is -2.02. The van der Waals surface area contributed by atoms with Gasteiger partial charge in [0.1, 0.15) is 6.61 Å². The lowest BCUT2D eigenvalue weighted by molar-refractivity contribution is -0.141. The second-order valence-electron chi connectivity index (χ2n) is 8.37. The fourth-order valence-corrected chi connectivity index (χ4v) is 4.25. The lowest BCUT2D eigenvalue weighted by Crippen LogP contribution is -2.32. The lowest BCUT2D eigenvalue weighted by Gasteiger charge is -2.14. The molecule has 1 aliphatic carbocycles. The Bertz CT molecular complexity index is 1200. The Morgan fingerprint density at radius 1 is 1.00 bits per heavy atom. The van der Waals surface area contributed by atoms with Gasteiger partial charge in [0.15, 0.2) is 0 Å². The molecule has 0 radical (unpaired) electrons. The van der Waals surface area contributed by atoms with Crippen molar-refractivity contribution in [3.63, 3.8) is 0 Å². The average Bonchev–Trinajstić information content (AvgIpc) is 3.20. The molecule has 3 aromatic rings. The molecule has 0 saturated heterocycles. The molecule has 0 bridgehead atoms. The van der Waals surface area contributed by atoms with Gasteiger partial charge in [0.05, 0.1) is 18.2 Å². The van der Waals surface area contributed by atoms with Gasteiger partial charge in [-0.2, -0.15) is 0 Å². The SMILES string of the molecule is CCC(CNC(=O)c1ccnc(CNC(=O)OCC2c3ccccc3-c3ccccc32)c1)C(=O)O. The molecule has 2 amide bonds. The fourth-order valence-electron chi connectivity index (χ4n) is 4.25. The first kappa shape index (κ1) is 23.9. The third kappa shape index (κ3) is 5.48. The quantitative estimate of drug-likeness (QED) is 0.433. The number of benzene rings is 2. The molecule has 0 spiro atoms. The maximum Gasteiger partial charge on any atom is 0.407 e. The number of rotatable bonds is 9. The second-order valence-corrected chi connectivity index (χ2v) is 8.37. The number of pyridine rings is 1. The van der Waals surface area contributed by atoms with Crippen LogP contribution in [0, 0.1) is 5.92 Å². The molecule has 0 aliphatic heterocycles. The normalized spacial score (nSPS) is 12.8. The fraction of sp³-hybridized carbons (Fsp3) is 0.259. The van der Waals surface area contributed by atoms with Crippen LogP contribution in [0.2, 0.25) is 0 Å². The van der Waals surface area contributed by atoms with Crippen LogP contribution in [0.15, 0.2) is 66.9 Å². The van der Waals surface area contributed by atoms with Gasteiger partial charge < -0.3 is 20.5 Å². The van der Waals surface area contributed by atoms with Crippen molar-refractivity contribution in [1.82, 2.24) is 15.6 Å². The molecule has 0 saturated carbocycles. The van der Waals surface area contributed by atoms with Crippen LogP contribution in [0.1, 0.15) is 46.4 Å². The summed E-state index contributed by atoms with van der Waals surface area (Å²) in [6.07, 6.45) is 1.31. The summed E-state index contributed by atoms with van der Waals surface area (Å²) in [4.78, 5) is 40.1. The van der Waals surface area contributed by atoms with E-state index in [0.29, 0.717) is 17.7 Å². The molecule has 2 aromatic carbocycles. The number of nitrogens with zero attached hydrogens (tertiary/aromatic N) is 1. The van der Waals surface area contributed by atoms with Crippen LogP contribution in [0.3, 0.4) is 0 Å². The zero-order valence-corrected chi connectivity index (χ0v) is 19.4. The molecular weight excluding hydrogens is 446 g/mol. The smallest absolute Gasteiger partial charge is 0.407 e. The average molecular weight is 474 g/mol. The van der Waals surface area contributed by atoms with Gasteiger partial charge in [-0.3, -0.25) is 14.6 Å². The maximum atomic E-state index is 12.4. The van der Waals surface area contributed by atoms with Gasteiger partial charge in [-0.05, 0) is 40.8 Å². The monoisotopic (exact) mass is 473 g/mol. The highest BCUT2D eigenvalue weighted by Crippen LogP contribution is 2.44. The first-order chi connectivity index (χ1) is 17.0. The molecule has 3 N–H and O–H groups in total. The van der Waals surface area contributed by atoms with Gasteiger partial charge in [-0.1, -0.05) is 55.5 Å². The van der Waals surface area contributed by atoms with Crippen molar-refractivity contribution < 1.29 is 24.2 Å².